The molecule has 0 radical (unpaired) electrons. The van der Waals surface area contributed by atoms with Crippen LogP contribution in [0, 0.1) is 0 Å². The van der Waals surface area contributed by atoms with Crippen LogP contribution in [-0.2, 0) is 6.54 Å². The van der Waals surface area contributed by atoms with E-state index in [1.807, 2.05) is 16.8 Å². The summed E-state index contributed by atoms with van der Waals surface area (Å²) in [5.41, 5.74) is 3.06. The first-order valence-corrected chi connectivity index (χ1v) is 10.8. The molecule has 1 fully saturated rings. The van der Waals surface area contributed by atoms with Crippen LogP contribution in [0.3, 0.4) is 0 Å². The Hall–Kier alpha value is -2.52. The molecule has 3 aromatic rings. The molecule has 3 heterocycles. The van der Waals surface area contributed by atoms with Crippen molar-refractivity contribution in [3.8, 4) is 11.3 Å². The van der Waals surface area contributed by atoms with E-state index >= 15 is 0 Å². The molecule has 0 amide bonds. The molecule has 4 rings (SSSR count). The Morgan fingerprint density at radius 2 is 1.90 bits per heavy atom. The average molecular weight is 427 g/mol. The van der Waals surface area contributed by atoms with Gasteiger partial charge in [-0.2, -0.15) is 0 Å². The van der Waals surface area contributed by atoms with Crippen molar-refractivity contribution < 1.29 is 19.8 Å². The van der Waals surface area contributed by atoms with E-state index in [0.29, 0.717) is 30.6 Å². The number of aliphatic hydroxyl groups excluding tert-OH is 3. The molecule has 1 saturated heterocycles. The number of β-amino-alcohol motifs (C(OH)–C–C–N with tert-alkyl or cyclic N) is 1. The number of rotatable bonds is 8. The Kier molecular flexibility index (Phi) is 6.82. The van der Waals surface area contributed by atoms with Gasteiger partial charge in [0.2, 0.25) is 0 Å². The molecule has 0 bridgehead atoms. The number of benzene rings is 1. The predicted molar refractivity (Wildman–Crippen MR) is 115 cm³/mol. The zero-order valence-corrected chi connectivity index (χ0v) is 17.8. The third kappa shape index (κ3) is 5.22. The maximum Gasteiger partial charge on any atom is 0.167 e. The minimum Gasteiger partial charge on any atom is -0.394 e. The smallest absolute Gasteiger partial charge is 0.167 e. The number of nitrogens with zero attached hydrogens (tertiary/aromatic N) is 4. The molecule has 2 atom stereocenters. The van der Waals surface area contributed by atoms with Crippen LogP contribution in [0.4, 0.5) is 0 Å². The third-order valence-electron chi connectivity index (χ3n) is 5.95. The molecule has 0 spiro atoms. The van der Waals surface area contributed by atoms with Crippen LogP contribution in [0.5, 0.6) is 0 Å². The van der Waals surface area contributed by atoms with Gasteiger partial charge in [-0.25, -0.2) is 4.98 Å². The van der Waals surface area contributed by atoms with E-state index in [1.54, 1.807) is 13.1 Å². The van der Waals surface area contributed by atoms with Crippen molar-refractivity contribution in [3.63, 3.8) is 0 Å². The molecule has 0 saturated carbocycles. The van der Waals surface area contributed by atoms with E-state index in [9.17, 15) is 10.2 Å². The first-order chi connectivity index (χ1) is 15.0. The highest BCUT2D eigenvalue weighted by atomic mass is 16.5. The third-order valence-corrected chi connectivity index (χ3v) is 5.95. The Morgan fingerprint density at radius 3 is 2.58 bits per heavy atom. The summed E-state index contributed by atoms with van der Waals surface area (Å²) in [5, 5.41) is 32.6. The molecule has 3 N–H and O–H groups in total. The van der Waals surface area contributed by atoms with E-state index in [1.165, 1.54) is 5.56 Å². The summed E-state index contributed by atoms with van der Waals surface area (Å²) in [6.07, 6.45) is 4.28. The van der Waals surface area contributed by atoms with Gasteiger partial charge >= 0.3 is 0 Å². The summed E-state index contributed by atoms with van der Waals surface area (Å²) in [4.78, 5) is 6.40. The highest BCUT2D eigenvalue weighted by Crippen LogP contribution is 2.30. The van der Waals surface area contributed by atoms with Crippen LogP contribution in [0.1, 0.15) is 48.9 Å². The van der Waals surface area contributed by atoms with Crippen molar-refractivity contribution in [2.24, 2.45) is 0 Å². The van der Waals surface area contributed by atoms with E-state index in [0.717, 1.165) is 37.2 Å². The molecule has 0 unspecified atom stereocenters. The number of likely N-dealkylation sites (tertiary alicyclic amines) is 1. The van der Waals surface area contributed by atoms with Gasteiger partial charge in [0, 0.05) is 30.6 Å². The lowest BCUT2D eigenvalue weighted by Crippen LogP contribution is -2.39. The monoisotopic (exact) mass is 426 g/mol. The zero-order chi connectivity index (χ0) is 21.8. The molecule has 1 aliphatic heterocycles. The maximum atomic E-state index is 9.80. The number of hydrogen-bond acceptors (Lipinski definition) is 7. The second kappa shape index (κ2) is 9.74. The zero-order valence-electron chi connectivity index (χ0n) is 17.8. The Bertz CT molecular complexity index is 958. The van der Waals surface area contributed by atoms with E-state index in [-0.39, 0.29) is 6.61 Å². The second-order valence-corrected chi connectivity index (χ2v) is 8.31. The van der Waals surface area contributed by atoms with Crippen LogP contribution in [0.2, 0.25) is 0 Å². The lowest BCUT2D eigenvalue weighted by atomic mass is 9.89. The fourth-order valence-corrected chi connectivity index (χ4v) is 4.24. The Balaban J connectivity index is 1.36. The van der Waals surface area contributed by atoms with Gasteiger partial charge in [-0.05, 0) is 44.3 Å². The van der Waals surface area contributed by atoms with Crippen LogP contribution >= 0.6 is 0 Å². The minimum atomic E-state index is -0.657. The molecule has 8 heteroatoms. The topological polar surface area (TPSA) is 108 Å². The average Bonchev–Trinajstić information content (AvgIpc) is 3.44. The number of imidazole rings is 1. The van der Waals surface area contributed by atoms with Gasteiger partial charge in [0.05, 0.1) is 19.3 Å². The molecular formula is C23H30N4O4. The van der Waals surface area contributed by atoms with Crippen LogP contribution in [0.15, 0.2) is 47.2 Å². The first-order valence-electron chi connectivity index (χ1n) is 10.8. The Morgan fingerprint density at radius 1 is 1.16 bits per heavy atom. The van der Waals surface area contributed by atoms with E-state index in [4.69, 9.17) is 9.63 Å². The van der Waals surface area contributed by atoms with Gasteiger partial charge in [-0.15, -0.1) is 0 Å². The summed E-state index contributed by atoms with van der Waals surface area (Å²) in [5.74, 6) is 1.82. The largest absolute Gasteiger partial charge is 0.394 e. The molecule has 0 aliphatic carbocycles. The molecule has 1 aliphatic rings. The van der Waals surface area contributed by atoms with Gasteiger partial charge in [-0.3, -0.25) is 0 Å². The Labute approximate surface area is 181 Å². The van der Waals surface area contributed by atoms with Crippen molar-refractivity contribution >= 4 is 0 Å². The fourth-order valence-electron chi connectivity index (χ4n) is 4.24. The highest BCUT2D eigenvalue weighted by molar-refractivity contribution is 5.58. The second-order valence-electron chi connectivity index (χ2n) is 8.31. The van der Waals surface area contributed by atoms with E-state index in [2.05, 4.69) is 39.3 Å². The predicted octanol–water partition coefficient (Wildman–Crippen LogP) is 2.17. The van der Waals surface area contributed by atoms with Crippen molar-refractivity contribution in [3.05, 3.63) is 59.8 Å². The number of aliphatic hydroxyl groups is 3. The quantitative estimate of drug-likeness (QED) is 0.507. The molecular weight excluding hydrogens is 396 g/mol. The lowest BCUT2D eigenvalue weighted by molar-refractivity contribution is 0.0513. The minimum absolute atomic E-state index is 0.186. The highest BCUT2D eigenvalue weighted by Gasteiger charge is 2.22. The van der Waals surface area contributed by atoms with Crippen LogP contribution < -0.4 is 0 Å². The first kappa shape index (κ1) is 21.7. The molecule has 31 heavy (non-hydrogen) atoms. The van der Waals surface area contributed by atoms with Crippen molar-refractivity contribution in [1.29, 1.82) is 0 Å². The number of aromatic nitrogens is 3. The lowest BCUT2D eigenvalue weighted by Gasteiger charge is -2.33. The van der Waals surface area contributed by atoms with Crippen molar-refractivity contribution in [1.82, 2.24) is 19.6 Å². The summed E-state index contributed by atoms with van der Waals surface area (Å²) < 4.78 is 7.41. The van der Waals surface area contributed by atoms with Gasteiger partial charge in [0.25, 0.3) is 0 Å². The number of piperidine rings is 1. The van der Waals surface area contributed by atoms with E-state index < -0.39 is 12.2 Å². The SMILES string of the molecule is C[C@H](O)c1nccn1Cc1cc(-c2ccc(C3CCN(C[C@@H](O)CO)CC3)cc2)on1. The molecule has 1 aromatic carbocycles. The van der Waals surface area contributed by atoms with Gasteiger partial charge in [0.15, 0.2) is 5.76 Å². The summed E-state index contributed by atoms with van der Waals surface area (Å²) in [6, 6.07) is 10.4. The maximum absolute atomic E-state index is 9.80. The van der Waals surface area contributed by atoms with Gasteiger partial charge in [0.1, 0.15) is 17.6 Å². The van der Waals surface area contributed by atoms with Crippen molar-refractivity contribution in [2.75, 3.05) is 26.2 Å². The normalized spacial score (nSPS) is 17.7. The van der Waals surface area contributed by atoms with Gasteiger partial charge < -0.3 is 29.3 Å². The summed E-state index contributed by atoms with van der Waals surface area (Å²) in [7, 11) is 0. The number of hydrogen-bond donors (Lipinski definition) is 3. The summed E-state index contributed by atoms with van der Waals surface area (Å²) >= 11 is 0. The van der Waals surface area contributed by atoms with Gasteiger partial charge in [-0.1, -0.05) is 29.4 Å². The standard InChI is InChI=1S/C23H30N4O4/c1-16(29)23-24-8-11-27(23)13-20-12-22(31-25-20)19-4-2-17(3-5-19)18-6-9-26(10-7-18)14-21(30)15-28/h2-5,8,11-12,16,18,21,28-30H,6-7,9-10,13-15H2,1H3/t16-,21+/m0/s1. The molecule has 166 valence electrons. The van der Waals surface area contributed by atoms with Crippen LogP contribution in [-0.4, -0.2) is 67.3 Å². The fraction of sp³-hybridized carbons (Fsp3) is 0.478. The van der Waals surface area contributed by atoms with Crippen molar-refractivity contribution in [2.45, 2.75) is 44.4 Å². The molecule has 2 aromatic heterocycles. The van der Waals surface area contributed by atoms with Crippen LogP contribution in [0.25, 0.3) is 11.3 Å². The summed E-state index contributed by atoms with van der Waals surface area (Å²) in [6.45, 7) is 4.39. The molecule has 8 nitrogen and oxygen atoms in total.